The monoisotopic (exact) mass is 224 g/mol. The fraction of sp³-hybridized carbons (Fsp3) is 0.923. The van der Waals surface area contributed by atoms with E-state index >= 15 is 0 Å². The third-order valence-corrected chi connectivity index (χ3v) is 3.47. The Bertz CT molecular complexity index is 218. The van der Waals surface area contributed by atoms with Crippen molar-refractivity contribution in [1.29, 1.82) is 5.26 Å². The molecule has 0 aliphatic carbocycles. The van der Waals surface area contributed by atoms with Crippen LogP contribution in [0.15, 0.2) is 0 Å². The number of nitriles is 1. The van der Waals surface area contributed by atoms with Gasteiger partial charge >= 0.3 is 0 Å². The van der Waals surface area contributed by atoms with Crippen LogP contribution in [-0.2, 0) is 4.74 Å². The standard InChI is InChI=1S/C13H24N2O/c1-3-12(10-14)11-15(2)7-4-13-5-8-16-9-6-13/h12-13H,3-9,11H2,1-2H3. The predicted octanol–water partition coefficient (Wildman–Crippen LogP) is 2.28. The highest BCUT2D eigenvalue weighted by atomic mass is 16.5. The number of hydrogen-bond acceptors (Lipinski definition) is 3. The molecule has 1 heterocycles. The third kappa shape index (κ3) is 4.96. The van der Waals surface area contributed by atoms with Gasteiger partial charge in [-0.2, -0.15) is 5.26 Å². The predicted molar refractivity (Wildman–Crippen MR) is 65.1 cm³/mol. The van der Waals surface area contributed by atoms with Crippen molar-refractivity contribution in [3.05, 3.63) is 0 Å². The van der Waals surface area contributed by atoms with Gasteiger partial charge in [-0.1, -0.05) is 6.92 Å². The maximum Gasteiger partial charge on any atom is 0.0669 e. The largest absolute Gasteiger partial charge is 0.381 e. The van der Waals surface area contributed by atoms with E-state index in [-0.39, 0.29) is 5.92 Å². The zero-order chi connectivity index (χ0) is 11.8. The minimum absolute atomic E-state index is 0.194. The van der Waals surface area contributed by atoms with Gasteiger partial charge in [-0.3, -0.25) is 0 Å². The van der Waals surface area contributed by atoms with Gasteiger partial charge in [0.2, 0.25) is 0 Å². The Morgan fingerprint density at radius 1 is 1.44 bits per heavy atom. The molecular weight excluding hydrogens is 200 g/mol. The third-order valence-electron chi connectivity index (χ3n) is 3.47. The molecule has 1 unspecified atom stereocenters. The van der Waals surface area contributed by atoms with Crippen molar-refractivity contribution in [1.82, 2.24) is 4.90 Å². The summed E-state index contributed by atoms with van der Waals surface area (Å²) in [6.45, 7) is 5.98. The molecule has 1 aliphatic heterocycles. The quantitative estimate of drug-likeness (QED) is 0.694. The van der Waals surface area contributed by atoms with Crippen LogP contribution in [0.5, 0.6) is 0 Å². The van der Waals surface area contributed by atoms with E-state index in [0.29, 0.717) is 0 Å². The zero-order valence-electron chi connectivity index (χ0n) is 10.6. The molecule has 0 N–H and O–H groups in total. The zero-order valence-corrected chi connectivity index (χ0v) is 10.6. The lowest BCUT2D eigenvalue weighted by atomic mass is 9.96. The van der Waals surface area contributed by atoms with Gasteiger partial charge in [0, 0.05) is 19.8 Å². The first-order chi connectivity index (χ1) is 7.76. The molecule has 3 nitrogen and oxygen atoms in total. The second-order valence-corrected chi connectivity index (χ2v) is 4.84. The molecule has 1 fully saturated rings. The lowest BCUT2D eigenvalue weighted by Crippen LogP contribution is -2.28. The molecule has 0 radical (unpaired) electrons. The lowest BCUT2D eigenvalue weighted by Gasteiger charge is -2.25. The van der Waals surface area contributed by atoms with Crippen molar-refractivity contribution in [2.45, 2.75) is 32.6 Å². The summed E-state index contributed by atoms with van der Waals surface area (Å²) in [6, 6.07) is 2.36. The van der Waals surface area contributed by atoms with E-state index in [9.17, 15) is 0 Å². The number of ether oxygens (including phenoxy) is 1. The van der Waals surface area contributed by atoms with Crippen LogP contribution in [-0.4, -0.2) is 38.3 Å². The van der Waals surface area contributed by atoms with Crippen molar-refractivity contribution < 1.29 is 4.74 Å². The van der Waals surface area contributed by atoms with Crippen molar-refractivity contribution >= 4 is 0 Å². The molecule has 1 aliphatic rings. The number of hydrogen-bond donors (Lipinski definition) is 0. The summed E-state index contributed by atoms with van der Waals surface area (Å²) in [4.78, 5) is 2.30. The maximum absolute atomic E-state index is 8.90. The average Bonchev–Trinajstić information content (AvgIpc) is 2.34. The lowest BCUT2D eigenvalue weighted by molar-refractivity contribution is 0.0607. The molecule has 0 aromatic carbocycles. The second kappa shape index (κ2) is 7.65. The van der Waals surface area contributed by atoms with Crippen molar-refractivity contribution in [2.24, 2.45) is 11.8 Å². The Morgan fingerprint density at radius 3 is 2.69 bits per heavy atom. The Labute approximate surface area is 99.4 Å². The first-order valence-corrected chi connectivity index (χ1v) is 6.42. The van der Waals surface area contributed by atoms with E-state index < -0.39 is 0 Å². The molecule has 0 amide bonds. The Morgan fingerprint density at radius 2 is 2.12 bits per heavy atom. The van der Waals surface area contributed by atoms with Gasteiger partial charge in [0.25, 0.3) is 0 Å². The SMILES string of the molecule is CCC(C#N)CN(C)CCC1CCOCC1. The molecule has 3 heteroatoms. The Kier molecular flexibility index (Phi) is 6.44. The average molecular weight is 224 g/mol. The number of rotatable bonds is 6. The second-order valence-electron chi connectivity index (χ2n) is 4.84. The van der Waals surface area contributed by atoms with Crippen molar-refractivity contribution in [2.75, 3.05) is 33.4 Å². The highest BCUT2D eigenvalue weighted by Gasteiger charge is 2.15. The van der Waals surface area contributed by atoms with Crippen LogP contribution in [0.1, 0.15) is 32.6 Å². The van der Waals surface area contributed by atoms with E-state index in [1.54, 1.807) is 0 Å². The minimum atomic E-state index is 0.194. The highest BCUT2D eigenvalue weighted by Crippen LogP contribution is 2.18. The fourth-order valence-electron chi connectivity index (χ4n) is 2.17. The van der Waals surface area contributed by atoms with Gasteiger partial charge in [0.05, 0.1) is 12.0 Å². The van der Waals surface area contributed by atoms with E-state index in [1.807, 2.05) is 0 Å². The smallest absolute Gasteiger partial charge is 0.0669 e. The van der Waals surface area contributed by atoms with Crippen LogP contribution in [0, 0.1) is 23.2 Å². The first kappa shape index (κ1) is 13.5. The summed E-state index contributed by atoms with van der Waals surface area (Å²) in [7, 11) is 2.12. The Hall–Kier alpha value is -0.590. The normalized spacial score (nSPS) is 19.6. The van der Waals surface area contributed by atoms with Crippen LogP contribution in [0.2, 0.25) is 0 Å². The minimum Gasteiger partial charge on any atom is -0.381 e. The van der Waals surface area contributed by atoms with Crippen LogP contribution in [0.3, 0.4) is 0 Å². The molecule has 0 aromatic rings. The van der Waals surface area contributed by atoms with Gasteiger partial charge in [-0.05, 0) is 45.2 Å². The van der Waals surface area contributed by atoms with E-state index in [0.717, 1.165) is 38.6 Å². The molecule has 0 saturated carbocycles. The first-order valence-electron chi connectivity index (χ1n) is 6.42. The molecule has 16 heavy (non-hydrogen) atoms. The molecule has 0 bridgehead atoms. The maximum atomic E-state index is 8.90. The van der Waals surface area contributed by atoms with Gasteiger partial charge in [-0.15, -0.1) is 0 Å². The molecule has 0 aromatic heterocycles. The molecule has 1 saturated heterocycles. The van der Waals surface area contributed by atoms with E-state index in [2.05, 4.69) is 24.9 Å². The molecule has 1 atom stereocenters. The molecule has 1 rings (SSSR count). The van der Waals surface area contributed by atoms with Gasteiger partial charge < -0.3 is 9.64 Å². The van der Waals surface area contributed by atoms with Crippen LogP contribution in [0.4, 0.5) is 0 Å². The summed E-state index contributed by atoms with van der Waals surface area (Å²) in [5.74, 6) is 1.03. The van der Waals surface area contributed by atoms with Gasteiger partial charge in [0.15, 0.2) is 0 Å². The van der Waals surface area contributed by atoms with E-state index in [4.69, 9.17) is 10.00 Å². The molecular formula is C13H24N2O. The highest BCUT2D eigenvalue weighted by molar-refractivity contribution is 4.83. The van der Waals surface area contributed by atoms with Crippen LogP contribution < -0.4 is 0 Å². The Balaban J connectivity index is 2.13. The summed E-state index contributed by atoms with van der Waals surface area (Å²) in [6.07, 6.45) is 4.63. The van der Waals surface area contributed by atoms with Crippen molar-refractivity contribution in [3.63, 3.8) is 0 Å². The summed E-state index contributed by atoms with van der Waals surface area (Å²) < 4.78 is 5.35. The summed E-state index contributed by atoms with van der Waals surface area (Å²) in [5.41, 5.74) is 0. The van der Waals surface area contributed by atoms with Crippen LogP contribution >= 0.6 is 0 Å². The molecule has 0 spiro atoms. The summed E-state index contributed by atoms with van der Waals surface area (Å²) >= 11 is 0. The summed E-state index contributed by atoms with van der Waals surface area (Å²) in [5, 5.41) is 8.90. The van der Waals surface area contributed by atoms with Crippen LogP contribution in [0.25, 0.3) is 0 Å². The van der Waals surface area contributed by atoms with Crippen molar-refractivity contribution in [3.8, 4) is 6.07 Å². The number of nitrogens with zero attached hydrogens (tertiary/aromatic N) is 2. The fourth-order valence-corrected chi connectivity index (χ4v) is 2.17. The van der Waals surface area contributed by atoms with Gasteiger partial charge in [0.1, 0.15) is 0 Å². The van der Waals surface area contributed by atoms with E-state index in [1.165, 1.54) is 19.3 Å². The molecule has 92 valence electrons. The van der Waals surface area contributed by atoms with Gasteiger partial charge in [-0.25, -0.2) is 0 Å². The topological polar surface area (TPSA) is 36.3 Å².